The van der Waals surface area contributed by atoms with E-state index in [1.54, 1.807) is 16.4 Å². The monoisotopic (exact) mass is 421 g/mol. The lowest BCUT2D eigenvalue weighted by Gasteiger charge is -2.07. The molecule has 1 unspecified atom stereocenters. The highest BCUT2D eigenvalue weighted by molar-refractivity contribution is 7.89. The van der Waals surface area contributed by atoms with Gasteiger partial charge in [0, 0.05) is 12.6 Å². The molecule has 3 nitrogen and oxygen atoms in total. The van der Waals surface area contributed by atoms with Crippen LogP contribution in [0.4, 0.5) is 0 Å². The fourth-order valence-electron chi connectivity index (χ4n) is 4.11. The number of rotatable bonds is 17. The van der Waals surface area contributed by atoms with Crippen LogP contribution in [0.1, 0.15) is 109 Å². The Morgan fingerprint density at radius 3 is 1.69 bits per heavy atom. The van der Waals surface area contributed by atoms with Gasteiger partial charge in [-0.05, 0) is 25.5 Å². The first-order valence-electron chi connectivity index (χ1n) is 12.1. The molecule has 0 N–H and O–H groups in total. The standard InChI is InChI=1S/C25H43NO2S/c1-3-4-5-6-7-8-9-10-11-12-13-14-15-16-17-24-22-26(24)29(27,28)25-20-18-23(2)19-21-25/h18-21,24H,3-17,22H2,1-2H3/t24-,26?/m1/s1. The number of benzene rings is 1. The normalized spacial score (nSPS) is 18.8. The van der Waals surface area contributed by atoms with Crippen molar-refractivity contribution >= 4 is 10.0 Å². The van der Waals surface area contributed by atoms with Crippen molar-refractivity contribution in [3.63, 3.8) is 0 Å². The molecule has 1 fully saturated rings. The van der Waals surface area contributed by atoms with E-state index in [4.69, 9.17) is 0 Å². The predicted octanol–water partition coefficient (Wildman–Crippen LogP) is 7.24. The lowest BCUT2D eigenvalue weighted by Crippen LogP contribution is -2.14. The van der Waals surface area contributed by atoms with Gasteiger partial charge in [-0.1, -0.05) is 115 Å². The largest absolute Gasteiger partial charge is 0.243 e. The zero-order chi connectivity index (χ0) is 21.0. The molecule has 1 saturated heterocycles. The molecular weight excluding hydrogens is 378 g/mol. The molecule has 166 valence electrons. The summed E-state index contributed by atoms with van der Waals surface area (Å²) in [4.78, 5) is 0.437. The van der Waals surface area contributed by atoms with Crippen LogP contribution in [0.25, 0.3) is 0 Å². The van der Waals surface area contributed by atoms with Crippen molar-refractivity contribution in [3.8, 4) is 0 Å². The third kappa shape index (κ3) is 9.21. The van der Waals surface area contributed by atoms with Gasteiger partial charge in [0.15, 0.2) is 0 Å². The zero-order valence-electron chi connectivity index (χ0n) is 18.9. The molecule has 2 rings (SSSR count). The summed E-state index contributed by atoms with van der Waals surface area (Å²) in [5, 5.41) is 0. The summed E-state index contributed by atoms with van der Waals surface area (Å²) >= 11 is 0. The molecule has 0 saturated carbocycles. The summed E-state index contributed by atoms with van der Waals surface area (Å²) in [6, 6.07) is 7.44. The maximum Gasteiger partial charge on any atom is 0.243 e. The van der Waals surface area contributed by atoms with Gasteiger partial charge in [-0.15, -0.1) is 0 Å². The molecule has 0 aliphatic carbocycles. The minimum absolute atomic E-state index is 0.235. The van der Waals surface area contributed by atoms with E-state index in [0.29, 0.717) is 11.4 Å². The van der Waals surface area contributed by atoms with E-state index in [2.05, 4.69) is 6.92 Å². The first kappa shape index (κ1) is 24.4. The van der Waals surface area contributed by atoms with Crippen LogP contribution in [-0.4, -0.2) is 25.3 Å². The molecule has 1 aromatic rings. The Balaban J connectivity index is 1.42. The molecule has 0 radical (unpaired) electrons. The maximum absolute atomic E-state index is 12.6. The lowest BCUT2D eigenvalue weighted by atomic mass is 10.0. The smallest absolute Gasteiger partial charge is 0.207 e. The van der Waals surface area contributed by atoms with E-state index in [0.717, 1.165) is 18.4 Å². The zero-order valence-corrected chi connectivity index (χ0v) is 19.7. The first-order chi connectivity index (χ1) is 14.1. The van der Waals surface area contributed by atoms with Gasteiger partial charge in [-0.2, -0.15) is 4.31 Å². The third-order valence-corrected chi connectivity index (χ3v) is 8.12. The van der Waals surface area contributed by atoms with Crippen LogP contribution in [-0.2, 0) is 10.0 Å². The summed E-state index contributed by atoms with van der Waals surface area (Å²) in [6.07, 6.45) is 20.1. The number of hydrogen-bond donors (Lipinski definition) is 0. The first-order valence-corrected chi connectivity index (χ1v) is 13.6. The van der Waals surface area contributed by atoms with Crippen molar-refractivity contribution < 1.29 is 8.42 Å². The molecule has 0 spiro atoms. The van der Waals surface area contributed by atoms with Crippen LogP contribution in [0.15, 0.2) is 29.2 Å². The predicted molar refractivity (Wildman–Crippen MR) is 124 cm³/mol. The Labute approximate surface area is 180 Å². The number of nitrogens with zero attached hydrogens (tertiary/aromatic N) is 1. The third-order valence-electron chi connectivity index (χ3n) is 6.18. The second kappa shape index (κ2) is 13.4. The lowest BCUT2D eigenvalue weighted by molar-refractivity contribution is 0.521. The highest BCUT2D eigenvalue weighted by atomic mass is 32.2. The van der Waals surface area contributed by atoms with Crippen molar-refractivity contribution in [1.29, 1.82) is 0 Å². The second-order valence-corrected chi connectivity index (χ2v) is 10.8. The van der Waals surface area contributed by atoms with Crippen LogP contribution in [0, 0.1) is 6.92 Å². The quantitative estimate of drug-likeness (QED) is 0.196. The molecule has 4 heteroatoms. The number of hydrogen-bond acceptors (Lipinski definition) is 2. The van der Waals surface area contributed by atoms with Crippen LogP contribution < -0.4 is 0 Å². The summed E-state index contributed by atoms with van der Waals surface area (Å²) in [7, 11) is -3.27. The van der Waals surface area contributed by atoms with Crippen molar-refractivity contribution in [2.24, 2.45) is 0 Å². The Morgan fingerprint density at radius 1 is 0.759 bits per heavy atom. The van der Waals surface area contributed by atoms with Gasteiger partial charge in [0.05, 0.1) is 4.90 Å². The van der Waals surface area contributed by atoms with E-state index < -0.39 is 10.0 Å². The fourth-order valence-corrected chi connectivity index (χ4v) is 5.73. The highest BCUT2D eigenvalue weighted by Gasteiger charge is 2.43. The topological polar surface area (TPSA) is 37.1 Å². The summed E-state index contributed by atoms with van der Waals surface area (Å²) < 4.78 is 26.8. The van der Waals surface area contributed by atoms with Gasteiger partial charge >= 0.3 is 0 Å². The molecule has 2 atom stereocenters. The van der Waals surface area contributed by atoms with Crippen molar-refractivity contribution in [2.75, 3.05) is 6.54 Å². The Kier molecular flexibility index (Phi) is 11.3. The summed E-state index contributed by atoms with van der Waals surface area (Å²) in [6.45, 7) is 4.96. The van der Waals surface area contributed by atoms with Crippen molar-refractivity contribution in [2.45, 2.75) is 121 Å². The van der Waals surface area contributed by atoms with Crippen molar-refractivity contribution in [3.05, 3.63) is 29.8 Å². The summed E-state index contributed by atoms with van der Waals surface area (Å²) in [5.41, 5.74) is 1.09. The Morgan fingerprint density at radius 2 is 1.21 bits per heavy atom. The van der Waals surface area contributed by atoms with E-state index in [9.17, 15) is 8.42 Å². The highest BCUT2D eigenvalue weighted by Crippen LogP contribution is 2.31. The minimum atomic E-state index is -3.27. The van der Waals surface area contributed by atoms with Gasteiger partial charge in [0.2, 0.25) is 10.0 Å². The van der Waals surface area contributed by atoms with Gasteiger partial charge < -0.3 is 0 Å². The average Bonchev–Trinajstić information content (AvgIpc) is 3.49. The fraction of sp³-hybridized carbons (Fsp3) is 0.760. The Hall–Kier alpha value is -0.870. The Bertz CT molecular complexity index is 654. The number of aryl methyl sites for hydroxylation is 1. The average molecular weight is 422 g/mol. The molecule has 0 aromatic heterocycles. The van der Waals surface area contributed by atoms with Crippen LogP contribution in [0.3, 0.4) is 0 Å². The van der Waals surface area contributed by atoms with Gasteiger partial charge in [-0.3, -0.25) is 0 Å². The molecule has 0 amide bonds. The molecular formula is C25H43NO2S. The molecule has 29 heavy (non-hydrogen) atoms. The van der Waals surface area contributed by atoms with Gasteiger partial charge in [-0.25, -0.2) is 8.42 Å². The van der Waals surface area contributed by atoms with E-state index in [-0.39, 0.29) is 6.04 Å². The van der Waals surface area contributed by atoms with Crippen LogP contribution >= 0.6 is 0 Å². The van der Waals surface area contributed by atoms with E-state index in [1.165, 1.54) is 83.5 Å². The van der Waals surface area contributed by atoms with Gasteiger partial charge in [0.25, 0.3) is 0 Å². The SMILES string of the molecule is CCCCCCCCCCCCCCCC[C@@H]1CN1S(=O)(=O)c1ccc(C)cc1. The number of sulfonamides is 1. The van der Waals surface area contributed by atoms with Crippen LogP contribution in [0.2, 0.25) is 0 Å². The maximum atomic E-state index is 12.6. The second-order valence-electron chi connectivity index (χ2n) is 8.93. The summed E-state index contributed by atoms with van der Waals surface area (Å²) in [5.74, 6) is 0. The molecule has 1 aromatic carbocycles. The van der Waals surface area contributed by atoms with Crippen LogP contribution in [0.5, 0.6) is 0 Å². The number of unbranched alkanes of at least 4 members (excludes halogenated alkanes) is 13. The molecule has 1 aliphatic rings. The van der Waals surface area contributed by atoms with E-state index in [1.807, 2.05) is 19.1 Å². The molecule has 1 heterocycles. The van der Waals surface area contributed by atoms with E-state index >= 15 is 0 Å². The minimum Gasteiger partial charge on any atom is -0.207 e. The van der Waals surface area contributed by atoms with Crippen molar-refractivity contribution in [1.82, 2.24) is 4.31 Å². The van der Waals surface area contributed by atoms with Gasteiger partial charge in [0.1, 0.15) is 0 Å². The molecule has 1 aliphatic heterocycles. The molecule has 0 bridgehead atoms.